The lowest BCUT2D eigenvalue weighted by molar-refractivity contribution is 0.278. The van der Waals surface area contributed by atoms with Crippen molar-refractivity contribution in [3.63, 3.8) is 0 Å². The molecule has 2 heterocycles. The predicted octanol–water partition coefficient (Wildman–Crippen LogP) is 1.36. The third-order valence-electron chi connectivity index (χ3n) is 2.98. The molecule has 1 aliphatic heterocycles. The molecule has 1 fully saturated rings. The van der Waals surface area contributed by atoms with Crippen molar-refractivity contribution in [2.75, 3.05) is 27.2 Å². The molecule has 1 saturated heterocycles. The van der Waals surface area contributed by atoms with Crippen molar-refractivity contribution < 1.29 is 0 Å². The fourth-order valence-electron chi connectivity index (χ4n) is 2.32. The second kappa shape index (κ2) is 4.38. The van der Waals surface area contributed by atoms with Gasteiger partial charge in [-0.3, -0.25) is 9.88 Å². The summed E-state index contributed by atoms with van der Waals surface area (Å²) in [7, 11) is 4.24. The molecule has 0 aliphatic carbocycles. The summed E-state index contributed by atoms with van der Waals surface area (Å²) in [5.74, 6) is 0.741. The standard InChI is InChI=1S/C10H17N3S/c1-11-5-8-3-4-13(2)10(8)9-6-12-7-14-9/h6-8,10-11H,3-5H2,1-2H3. The first kappa shape index (κ1) is 10.1. The highest BCUT2D eigenvalue weighted by molar-refractivity contribution is 7.09. The molecule has 14 heavy (non-hydrogen) atoms. The number of aromatic nitrogens is 1. The van der Waals surface area contributed by atoms with Gasteiger partial charge in [0.2, 0.25) is 0 Å². The molecule has 1 aromatic rings. The van der Waals surface area contributed by atoms with Crippen LogP contribution in [0.25, 0.3) is 0 Å². The Labute approximate surface area is 89.1 Å². The largest absolute Gasteiger partial charge is 0.319 e. The lowest BCUT2D eigenvalue weighted by atomic mass is 9.99. The molecule has 0 saturated carbocycles. The van der Waals surface area contributed by atoms with Gasteiger partial charge in [0, 0.05) is 17.1 Å². The summed E-state index contributed by atoms with van der Waals surface area (Å²) in [5.41, 5.74) is 1.93. The number of nitrogens with one attached hydrogen (secondary N) is 1. The minimum atomic E-state index is 0.579. The zero-order chi connectivity index (χ0) is 9.97. The maximum absolute atomic E-state index is 4.17. The topological polar surface area (TPSA) is 28.2 Å². The molecule has 2 unspecified atom stereocenters. The van der Waals surface area contributed by atoms with E-state index in [1.54, 1.807) is 11.3 Å². The van der Waals surface area contributed by atoms with Crippen LogP contribution in [0.4, 0.5) is 0 Å². The van der Waals surface area contributed by atoms with E-state index in [2.05, 4.69) is 22.2 Å². The van der Waals surface area contributed by atoms with Crippen molar-refractivity contribution >= 4 is 11.3 Å². The van der Waals surface area contributed by atoms with Gasteiger partial charge in [-0.15, -0.1) is 11.3 Å². The van der Waals surface area contributed by atoms with Gasteiger partial charge in [-0.1, -0.05) is 0 Å². The average molecular weight is 211 g/mol. The first-order valence-corrected chi connectivity index (χ1v) is 5.94. The third kappa shape index (κ3) is 1.82. The predicted molar refractivity (Wildman–Crippen MR) is 59.5 cm³/mol. The van der Waals surface area contributed by atoms with Crippen molar-refractivity contribution in [2.24, 2.45) is 5.92 Å². The van der Waals surface area contributed by atoms with Crippen molar-refractivity contribution in [3.05, 3.63) is 16.6 Å². The van der Waals surface area contributed by atoms with Crippen molar-refractivity contribution in [2.45, 2.75) is 12.5 Å². The number of thiazole rings is 1. The second-order valence-electron chi connectivity index (χ2n) is 3.94. The number of likely N-dealkylation sites (tertiary alicyclic amines) is 1. The number of hydrogen-bond donors (Lipinski definition) is 1. The smallest absolute Gasteiger partial charge is 0.0794 e. The molecule has 2 atom stereocenters. The molecule has 1 aliphatic rings. The lowest BCUT2D eigenvalue weighted by Gasteiger charge is -2.23. The van der Waals surface area contributed by atoms with Crippen LogP contribution in [0.1, 0.15) is 17.3 Å². The summed E-state index contributed by atoms with van der Waals surface area (Å²) < 4.78 is 0. The Hall–Kier alpha value is -0.450. The van der Waals surface area contributed by atoms with E-state index in [0.717, 1.165) is 12.5 Å². The molecule has 0 aromatic carbocycles. The van der Waals surface area contributed by atoms with Crippen molar-refractivity contribution in [1.82, 2.24) is 15.2 Å². The molecule has 0 radical (unpaired) electrons. The Morgan fingerprint density at radius 2 is 2.57 bits per heavy atom. The van der Waals surface area contributed by atoms with E-state index in [1.807, 2.05) is 18.8 Å². The first-order valence-electron chi connectivity index (χ1n) is 5.06. The Morgan fingerprint density at radius 3 is 3.21 bits per heavy atom. The number of nitrogens with zero attached hydrogens (tertiary/aromatic N) is 2. The maximum atomic E-state index is 4.17. The highest BCUT2D eigenvalue weighted by Gasteiger charge is 2.33. The highest BCUT2D eigenvalue weighted by Crippen LogP contribution is 2.37. The second-order valence-corrected chi connectivity index (χ2v) is 4.85. The summed E-state index contributed by atoms with van der Waals surface area (Å²) in [5, 5.41) is 3.28. The van der Waals surface area contributed by atoms with Gasteiger partial charge in [0.05, 0.1) is 5.51 Å². The maximum Gasteiger partial charge on any atom is 0.0794 e. The summed E-state index contributed by atoms with van der Waals surface area (Å²) >= 11 is 1.77. The lowest BCUT2D eigenvalue weighted by Crippen LogP contribution is -2.26. The van der Waals surface area contributed by atoms with E-state index in [-0.39, 0.29) is 0 Å². The Balaban J connectivity index is 2.13. The third-order valence-corrected chi connectivity index (χ3v) is 3.83. The molecule has 0 amide bonds. The van der Waals surface area contributed by atoms with Crippen LogP contribution in [-0.4, -0.2) is 37.1 Å². The fourth-order valence-corrected chi connectivity index (χ4v) is 3.20. The summed E-state index contributed by atoms with van der Waals surface area (Å²) in [6.45, 7) is 2.31. The molecular formula is C10H17N3S. The van der Waals surface area contributed by atoms with Gasteiger partial charge in [0.1, 0.15) is 0 Å². The molecule has 4 heteroatoms. The molecule has 78 valence electrons. The molecule has 0 bridgehead atoms. The van der Waals surface area contributed by atoms with Crippen LogP contribution >= 0.6 is 11.3 Å². The summed E-state index contributed by atoms with van der Waals surface area (Å²) in [4.78, 5) is 8.01. The van der Waals surface area contributed by atoms with Gasteiger partial charge >= 0.3 is 0 Å². The van der Waals surface area contributed by atoms with Crippen LogP contribution in [0.2, 0.25) is 0 Å². The molecule has 1 aromatic heterocycles. The van der Waals surface area contributed by atoms with Crippen LogP contribution in [0.5, 0.6) is 0 Å². The van der Waals surface area contributed by atoms with Crippen LogP contribution in [-0.2, 0) is 0 Å². The van der Waals surface area contributed by atoms with E-state index in [0.29, 0.717) is 6.04 Å². The SMILES string of the molecule is CNCC1CCN(C)C1c1cncs1. The van der Waals surface area contributed by atoms with Gasteiger partial charge in [0.15, 0.2) is 0 Å². The monoisotopic (exact) mass is 211 g/mol. The van der Waals surface area contributed by atoms with Gasteiger partial charge in [-0.2, -0.15) is 0 Å². The normalized spacial score (nSPS) is 28.4. The van der Waals surface area contributed by atoms with Gasteiger partial charge in [-0.25, -0.2) is 0 Å². The van der Waals surface area contributed by atoms with Crippen molar-refractivity contribution in [1.29, 1.82) is 0 Å². The van der Waals surface area contributed by atoms with Gasteiger partial charge in [-0.05, 0) is 39.5 Å². The van der Waals surface area contributed by atoms with Crippen molar-refractivity contribution in [3.8, 4) is 0 Å². The van der Waals surface area contributed by atoms with Crippen LogP contribution in [0.15, 0.2) is 11.7 Å². The molecule has 2 rings (SSSR count). The average Bonchev–Trinajstić information content (AvgIpc) is 2.76. The Bertz CT molecular complexity index is 271. The van der Waals surface area contributed by atoms with Gasteiger partial charge in [0.25, 0.3) is 0 Å². The van der Waals surface area contributed by atoms with E-state index in [4.69, 9.17) is 0 Å². The van der Waals surface area contributed by atoms with Crippen LogP contribution < -0.4 is 5.32 Å². The fraction of sp³-hybridized carbons (Fsp3) is 0.700. The van der Waals surface area contributed by atoms with Crippen LogP contribution in [0.3, 0.4) is 0 Å². The highest BCUT2D eigenvalue weighted by atomic mass is 32.1. The minimum Gasteiger partial charge on any atom is -0.319 e. The summed E-state index contributed by atoms with van der Waals surface area (Å²) in [6.07, 6.45) is 3.31. The molecule has 1 N–H and O–H groups in total. The first-order chi connectivity index (χ1) is 6.83. The molecule has 3 nitrogen and oxygen atoms in total. The number of rotatable bonds is 3. The van der Waals surface area contributed by atoms with E-state index >= 15 is 0 Å². The Morgan fingerprint density at radius 1 is 1.71 bits per heavy atom. The zero-order valence-electron chi connectivity index (χ0n) is 8.73. The molecule has 0 spiro atoms. The summed E-state index contributed by atoms with van der Waals surface area (Å²) in [6, 6.07) is 0.579. The van der Waals surface area contributed by atoms with E-state index < -0.39 is 0 Å². The number of hydrogen-bond acceptors (Lipinski definition) is 4. The minimum absolute atomic E-state index is 0.579. The quantitative estimate of drug-likeness (QED) is 0.818. The van der Waals surface area contributed by atoms with E-state index in [1.165, 1.54) is 17.8 Å². The van der Waals surface area contributed by atoms with Crippen LogP contribution in [0, 0.1) is 5.92 Å². The molecular weight excluding hydrogens is 194 g/mol. The van der Waals surface area contributed by atoms with Gasteiger partial charge < -0.3 is 5.32 Å². The zero-order valence-corrected chi connectivity index (χ0v) is 9.55. The Kier molecular flexibility index (Phi) is 3.15. The van der Waals surface area contributed by atoms with E-state index in [9.17, 15) is 0 Å².